The van der Waals surface area contributed by atoms with Gasteiger partial charge in [0.1, 0.15) is 12.2 Å². The van der Waals surface area contributed by atoms with Gasteiger partial charge in [-0.25, -0.2) is 0 Å². The molecule has 1 N–H and O–H groups in total. The van der Waals surface area contributed by atoms with Crippen LogP contribution in [0.3, 0.4) is 0 Å². The van der Waals surface area contributed by atoms with E-state index < -0.39 is 0 Å². The number of fused-ring (bicyclic) bond motifs is 1. The lowest BCUT2D eigenvalue weighted by molar-refractivity contribution is 0.505. The van der Waals surface area contributed by atoms with Gasteiger partial charge in [0.05, 0.1) is 6.54 Å². The van der Waals surface area contributed by atoms with Crippen molar-refractivity contribution >= 4 is 0 Å². The minimum Gasteiger partial charge on any atom is -0.315 e. The van der Waals surface area contributed by atoms with Gasteiger partial charge in [0, 0.05) is 13.1 Å². The summed E-state index contributed by atoms with van der Waals surface area (Å²) in [5.41, 5.74) is 0. The number of nitrogens with one attached hydrogen (secondary N) is 1. The molecular weight excluding hydrogens is 164 g/mol. The first kappa shape index (κ1) is 10.2. The van der Waals surface area contributed by atoms with Crippen molar-refractivity contribution in [2.75, 3.05) is 6.54 Å². The van der Waals surface area contributed by atoms with Crippen molar-refractivity contribution in [3.05, 3.63) is 12.2 Å². The number of nitrogens with zero attached hydrogens (tertiary/aromatic N) is 3. The Balaban J connectivity index is 0.000000184. The van der Waals surface area contributed by atoms with Gasteiger partial charge in [-0.05, 0) is 5.92 Å². The van der Waals surface area contributed by atoms with Crippen LogP contribution >= 0.6 is 0 Å². The SMILES string of the molecule is CC(C)C.c1nnc2n1CCNC2. The predicted octanol–water partition coefficient (Wildman–Crippen LogP) is 1.04. The summed E-state index contributed by atoms with van der Waals surface area (Å²) >= 11 is 0. The van der Waals surface area contributed by atoms with E-state index in [-0.39, 0.29) is 0 Å². The maximum atomic E-state index is 3.91. The number of rotatable bonds is 0. The summed E-state index contributed by atoms with van der Waals surface area (Å²) in [6.45, 7) is 9.40. The standard InChI is InChI=1S/C5H8N4.C4H10/c1-2-9-4-7-8-5(9)3-6-1;1-4(2)3/h4,6H,1-3H2;4H,1-3H3. The third-order valence-electron chi connectivity index (χ3n) is 1.51. The maximum Gasteiger partial charge on any atom is 0.146 e. The Morgan fingerprint density at radius 1 is 1.46 bits per heavy atom. The van der Waals surface area contributed by atoms with E-state index in [2.05, 4.69) is 40.9 Å². The van der Waals surface area contributed by atoms with Crippen LogP contribution in [-0.2, 0) is 13.1 Å². The van der Waals surface area contributed by atoms with Crippen LogP contribution in [0.1, 0.15) is 26.6 Å². The van der Waals surface area contributed by atoms with Gasteiger partial charge in [-0.3, -0.25) is 0 Å². The van der Waals surface area contributed by atoms with Gasteiger partial charge in [-0.2, -0.15) is 0 Å². The van der Waals surface area contributed by atoms with E-state index in [1.165, 1.54) is 0 Å². The minimum atomic E-state index is 0.833. The largest absolute Gasteiger partial charge is 0.315 e. The molecule has 0 amide bonds. The van der Waals surface area contributed by atoms with Crippen molar-refractivity contribution in [3.63, 3.8) is 0 Å². The summed E-state index contributed by atoms with van der Waals surface area (Å²) in [6, 6.07) is 0. The monoisotopic (exact) mass is 182 g/mol. The quantitative estimate of drug-likeness (QED) is 0.652. The van der Waals surface area contributed by atoms with Crippen molar-refractivity contribution in [1.29, 1.82) is 0 Å². The molecule has 0 aromatic carbocycles. The Bertz CT molecular complexity index is 218. The molecule has 1 aromatic heterocycles. The number of hydrogen-bond donors (Lipinski definition) is 1. The average molecular weight is 182 g/mol. The van der Waals surface area contributed by atoms with Crippen molar-refractivity contribution in [2.45, 2.75) is 33.9 Å². The second kappa shape index (κ2) is 4.97. The van der Waals surface area contributed by atoms with Crippen LogP contribution in [0.2, 0.25) is 0 Å². The maximum absolute atomic E-state index is 3.91. The molecule has 13 heavy (non-hydrogen) atoms. The Kier molecular flexibility index (Phi) is 3.89. The zero-order valence-electron chi connectivity index (χ0n) is 8.62. The summed E-state index contributed by atoms with van der Waals surface area (Å²) in [5.74, 6) is 1.88. The molecule has 0 bridgehead atoms. The molecule has 4 nitrogen and oxygen atoms in total. The van der Waals surface area contributed by atoms with Crippen LogP contribution in [0.25, 0.3) is 0 Å². The fourth-order valence-corrected chi connectivity index (χ4v) is 1.00. The number of aromatic nitrogens is 3. The van der Waals surface area contributed by atoms with Crippen LogP contribution in [0.5, 0.6) is 0 Å². The van der Waals surface area contributed by atoms with Crippen LogP contribution in [-0.4, -0.2) is 21.3 Å². The highest BCUT2D eigenvalue weighted by atomic mass is 15.3. The van der Waals surface area contributed by atoms with E-state index in [0.29, 0.717) is 0 Å². The normalized spacial score (nSPS) is 14.8. The molecule has 0 spiro atoms. The lowest BCUT2D eigenvalue weighted by Crippen LogP contribution is -2.27. The first-order valence-corrected chi connectivity index (χ1v) is 4.77. The Morgan fingerprint density at radius 2 is 2.15 bits per heavy atom. The van der Waals surface area contributed by atoms with E-state index in [0.717, 1.165) is 31.4 Å². The minimum absolute atomic E-state index is 0.833. The van der Waals surface area contributed by atoms with Crippen LogP contribution in [0.4, 0.5) is 0 Å². The predicted molar refractivity (Wildman–Crippen MR) is 52.2 cm³/mol. The third kappa shape index (κ3) is 3.55. The molecule has 1 aromatic rings. The fourth-order valence-electron chi connectivity index (χ4n) is 1.00. The fraction of sp³-hybridized carbons (Fsp3) is 0.778. The molecule has 4 heteroatoms. The van der Waals surface area contributed by atoms with Crippen LogP contribution in [0.15, 0.2) is 6.33 Å². The van der Waals surface area contributed by atoms with E-state index >= 15 is 0 Å². The molecule has 0 saturated heterocycles. The molecule has 0 radical (unpaired) electrons. The van der Waals surface area contributed by atoms with Gasteiger partial charge >= 0.3 is 0 Å². The van der Waals surface area contributed by atoms with E-state index in [4.69, 9.17) is 0 Å². The van der Waals surface area contributed by atoms with Gasteiger partial charge in [-0.15, -0.1) is 10.2 Å². The highest BCUT2D eigenvalue weighted by Gasteiger charge is 2.06. The van der Waals surface area contributed by atoms with Gasteiger partial charge in [0.25, 0.3) is 0 Å². The van der Waals surface area contributed by atoms with Gasteiger partial charge < -0.3 is 9.88 Å². The topological polar surface area (TPSA) is 42.7 Å². The summed E-state index contributed by atoms with van der Waals surface area (Å²) < 4.78 is 2.07. The van der Waals surface area contributed by atoms with Crippen molar-refractivity contribution in [1.82, 2.24) is 20.1 Å². The van der Waals surface area contributed by atoms with E-state index in [9.17, 15) is 0 Å². The molecule has 2 rings (SSSR count). The summed E-state index contributed by atoms with van der Waals surface area (Å²) in [6.07, 6.45) is 1.77. The van der Waals surface area contributed by atoms with E-state index in [1.54, 1.807) is 6.33 Å². The average Bonchev–Trinajstić information content (AvgIpc) is 2.49. The Morgan fingerprint density at radius 3 is 2.77 bits per heavy atom. The van der Waals surface area contributed by atoms with Crippen molar-refractivity contribution in [2.24, 2.45) is 5.92 Å². The smallest absolute Gasteiger partial charge is 0.146 e. The van der Waals surface area contributed by atoms with E-state index in [1.807, 2.05) is 0 Å². The highest BCUT2D eigenvalue weighted by Crippen LogP contribution is 1.97. The molecule has 0 fully saturated rings. The zero-order valence-corrected chi connectivity index (χ0v) is 8.62. The Labute approximate surface area is 79.4 Å². The van der Waals surface area contributed by atoms with Gasteiger partial charge in [-0.1, -0.05) is 20.8 Å². The molecule has 0 atom stereocenters. The second-order valence-corrected chi connectivity index (χ2v) is 3.85. The lowest BCUT2D eigenvalue weighted by Gasteiger charge is -2.12. The van der Waals surface area contributed by atoms with Gasteiger partial charge in [0.2, 0.25) is 0 Å². The molecule has 74 valence electrons. The zero-order chi connectivity index (χ0) is 9.68. The summed E-state index contributed by atoms with van der Waals surface area (Å²) in [5, 5.41) is 10.9. The molecule has 2 heterocycles. The first-order chi connectivity index (χ1) is 6.20. The molecular formula is C9H18N4. The molecule has 0 saturated carbocycles. The van der Waals surface area contributed by atoms with Crippen molar-refractivity contribution < 1.29 is 0 Å². The second-order valence-electron chi connectivity index (χ2n) is 3.85. The summed E-state index contributed by atoms with van der Waals surface area (Å²) in [7, 11) is 0. The van der Waals surface area contributed by atoms with Crippen LogP contribution < -0.4 is 5.32 Å². The molecule has 0 unspecified atom stereocenters. The van der Waals surface area contributed by atoms with Gasteiger partial charge in [0.15, 0.2) is 0 Å². The lowest BCUT2D eigenvalue weighted by atomic mass is 10.3. The Hall–Kier alpha value is -0.900. The first-order valence-electron chi connectivity index (χ1n) is 4.77. The summed E-state index contributed by atoms with van der Waals surface area (Å²) in [4.78, 5) is 0. The third-order valence-corrected chi connectivity index (χ3v) is 1.51. The molecule has 1 aliphatic rings. The molecule has 0 aliphatic carbocycles. The number of hydrogen-bond acceptors (Lipinski definition) is 3. The van der Waals surface area contributed by atoms with Crippen LogP contribution in [0, 0.1) is 5.92 Å². The highest BCUT2D eigenvalue weighted by molar-refractivity contribution is 4.87. The van der Waals surface area contributed by atoms with Crippen molar-refractivity contribution in [3.8, 4) is 0 Å². The molecule has 1 aliphatic heterocycles.